The number of methoxy groups -OCH3 is 1. The van der Waals surface area contributed by atoms with Crippen LogP contribution < -0.4 is 5.73 Å². The Bertz CT molecular complexity index is 508. The Kier molecular flexibility index (Phi) is 4.01. The molecule has 0 aromatic carbocycles. The van der Waals surface area contributed by atoms with Crippen LogP contribution >= 0.6 is 0 Å². The zero-order valence-electron chi connectivity index (χ0n) is 10.5. The second-order valence-electron chi connectivity index (χ2n) is 3.80. The van der Waals surface area contributed by atoms with E-state index in [-0.39, 0.29) is 6.10 Å². The maximum Gasteiger partial charge on any atom is 0.257 e. The van der Waals surface area contributed by atoms with E-state index in [2.05, 4.69) is 22.0 Å². The van der Waals surface area contributed by atoms with Crippen molar-refractivity contribution in [3.8, 4) is 11.4 Å². The molecule has 1 atom stereocenters. The fourth-order valence-corrected chi connectivity index (χ4v) is 1.70. The molecule has 2 heterocycles. The van der Waals surface area contributed by atoms with Crippen LogP contribution in [0.3, 0.4) is 0 Å². The van der Waals surface area contributed by atoms with Crippen molar-refractivity contribution in [3.05, 3.63) is 29.9 Å². The first-order valence-corrected chi connectivity index (χ1v) is 5.79. The summed E-state index contributed by atoms with van der Waals surface area (Å²) in [5.41, 5.74) is 7.56. The fraction of sp³-hybridized carbons (Fsp3) is 0.417. The van der Waals surface area contributed by atoms with Crippen LogP contribution in [0.1, 0.15) is 24.5 Å². The Morgan fingerprint density at radius 3 is 3.00 bits per heavy atom. The first kappa shape index (κ1) is 12.7. The predicted molar refractivity (Wildman–Crippen MR) is 65.7 cm³/mol. The molecule has 2 aromatic rings. The number of ether oxygens (including phenoxy) is 1. The number of hydrogen-bond donors (Lipinski definition) is 1. The molecule has 1 unspecified atom stereocenters. The zero-order chi connectivity index (χ0) is 13.0. The van der Waals surface area contributed by atoms with Gasteiger partial charge in [-0.15, -0.1) is 0 Å². The van der Waals surface area contributed by atoms with E-state index in [0.29, 0.717) is 18.3 Å². The third-order valence-corrected chi connectivity index (χ3v) is 2.74. The van der Waals surface area contributed by atoms with Crippen molar-refractivity contribution in [1.29, 1.82) is 0 Å². The van der Waals surface area contributed by atoms with Crippen molar-refractivity contribution in [3.63, 3.8) is 0 Å². The highest BCUT2D eigenvalue weighted by Crippen LogP contribution is 2.22. The summed E-state index contributed by atoms with van der Waals surface area (Å²) in [7, 11) is 1.56. The normalized spacial score (nSPS) is 12.6. The van der Waals surface area contributed by atoms with Gasteiger partial charge in [0.2, 0.25) is 5.82 Å². The van der Waals surface area contributed by atoms with Crippen molar-refractivity contribution in [1.82, 2.24) is 15.1 Å². The van der Waals surface area contributed by atoms with Gasteiger partial charge in [0.1, 0.15) is 6.10 Å². The summed E-state index contributed by atoms with van der Waals surface area (Å²) in [6.07, 6.45) is 4.01. The van der Waals surface area contributed by atoms with Crippen LogP contribution in [0.25, 0.3) is 11.4 Å². The summed E-state index contributed by atoms with van der Waals surface area (Å²) in [5, 5.41) is 3.96. The van der Waals surface area contributed by atoms with Crippen molar-refractivity contribution >= 4 is 0 Å². The molecule has 0 radical (unpaired) electrons. The molecule has 0 saturated heterocycles. The summed E-state index contributed by atoms with van der Waals surface area (Å²) >= 11 is 0. The van der Waals surface area contributed by atoms with E-state index >= 15 is 0 Å². The number of nitrogens with two attached hydrogens (primary N) is 1. The van der Waals surface area contributed by atoms with Gasteiger partial charge in [-0.25, -0.2) is 0 Å². The van der Waals surface area contributed by atoms with Crippen molar-refractivity contribution in [2.24, 2.45) is 5.73 Å². The Balaban J connectivity index is 2.34. The monoisotopic (exact) mass is 248 g/mol. The van der Waals surface area contributed by atoms with Gasteiger partial charge in [0.15, 0.2) is 0 Å². The van der Waals surface area contributed by atoms with Crippen LogP contribution in [0.5, 0.6) is 0 Å². The summed E-state index contributed by atoms with van der Waals surface area (Å²) in [6.45, 7) is 2.36. The highest BCUT2D eigenvalue weighted by atomic mass is 16.5. The van der Waals surface area contributed by atoms with E-state index < -0.39 is 0 Å². The predicted octanol–water partition coefficient (Wildman–Crippen LogP) is 1.34. The van der Waals surface area contributed by atoms with Gasteiger partial charge < -0.3 is 15.0 Å². The highest BCUT2D eigenvalue weighted by Gasteiger charge is 2.18. The average Bonchev–Trinajstić information content (AvgIpc) is 2.89. The summed E-state index contributed by atoms with van der Waals surface area (Å²) in [5.74, 6) is 0.939. The van der Waals surface area contributed by atoms with Gasteiger partial charge in [-0.05, 0) is 18.1 Å². The summed E-state index contributed by atoms with van der Waals surface area (Å²) < 4.78 is 10.3. The number of pyridine rings is 1. The van der Waals surface area contributed by atoms with E-state index in [9.17, 15) is 0 Å². The topological polar surface area (TPSA) is 87.1 Å². The molecule has 2 rings (SSSR count). The van der Waals surface area contributed by atoms with E-state index in [1.807, 2.05) is 12.3 Å². The molecule has 2 aromatic heterocycles. The molecule has 0 fully saturated rings. The number of aryl methyl sites for hydroxylation is 1. The smallest absolute Gasteiger partial charge is 0.257 e. The lowest BCUT2D eigenvalue weighted by Gasteiger charge is -2.05. The zero-order valence-corrected chi connectivity index (χ0v) is 10.5. The molecule has 0 amide bonds. The Morgan fingerprint density at radius 2 is 2.33 bits per heavy atom. The lowest BCUT2D eigenvalue weighted by Crippen LogP contribution is -2.14. The van der Waals surface area contributed by atoms with Crippen LogP contribution in [-0.2, 0) is 11.2 Å². The maximum atomic E-state index is 5.56. The van der Waals surface area contributed by atoms with Gasteiger partial charge in [-0.3, -0.25) is 4.98 Å². The first-order chi connectivity index (χ1) is 8.80. The quantitative estimate of drug-likeness (QED) is 0.859. The molecule has 18 heavy (non-hydrogen) atoms. The minimum absolute atomic E-state index is 0.301. The summed E-state index contributed by atoms with van der Waals surface area (Å²) in [6, 6.07) is 1.87. The van der Waals surface area contributed by atoms with Gasteiger partial charge in [0.05, 0.1) is 0 Å². The first-order valence-electron chi connectivity index (χ1n) is 5.79. The van der Waals surface area contributed by atoms with Crippen molar-refractivity contribution in [2.45, 2.75) is 19.4 Å². The second kappa shape index (κ2) is 5.70. The molecule has 2 N–H and O–H groups in total. The highest BCUT2D eigenvalue weighted by molar-refractivity contribution is 5.58. The van der Waals surface area contributed by atoms with Crippen LogP contribution in [0.15, 0.2) is 23.0 Å². The van der Waals surface area contributed by atoms with E-state index in [4.69, 9.17) is 15.0 Å². The van der Waals surface area contributed by atoms with Crippen LogP contribution in [0.4, 0.5) is 0 Å². The van der Waals surface area contributed by atoms with E-state index in [0.717, 1.165) is 17.5 Å². The molecule has 0 saturated carbocycles. The summed E-state index contributed by atoms with van der Waals surface area (Å²) in [4.78, 5) is 8.41. The third kappa shape index (κ3) is 2.39. The second-order valence-corrected chi connectivity index (χ2v) is 3.80. The standard InChI is InChI=1S/C12H16N4O2/c1-3-8-7-14-5-4-9(8)11-15-12(18-16-11)10(6-13)17-2/h4-5,7,10H,3,6,13H2,1-2H3. The molecule has 0 aliphatic heterocycles. The lowest BCUT2D eigenvalue weighted by molar-refractivity contribution is 0.0804. The van der Waals surface area contributed by atoms with Crippen molar-refractivity contribution in [2.75, 3.05) is 13.7 Å². The van der Waals surface area contributed by atoms with Crippen LogP contribution in [0.2, 0.25) is 0 Å². The number of rotatable bonds is 5. The minimum atomic E-state index is -0.363. The third-order valence-electron chi connectivity index (χ3n) is 2.74. The van der Waals surface area contributed by atoms with E-state index in [1.165, 1.54) is 0 Å². The molecular weight excluding hydrogens is 232 g/mol. The molecule has 6 nitrogen and oxygen atoms in total. The minimum Gasteiger partial charge on any atom is -0.370 e. The average molecular weight is 248 g/mol. The molecular formula is C12H16N4O2. The molecule has 6 heteroatoms. The molecule has 0 bridgehead atoms. The van der Waals surface area contributed by atoms with E-state index in [1.54, 1.807) is 13.3 Å². The fourth-order valence-electron chi connectivity index (χ4n) is 1.70. The SMILES string of the molecule is CCc1cnccc1-c1noc(C(CN)OC)n1. The number of nitrogens with zero attached hydrogens (tertiary/aromatic N) is 3. The van der Waals surface area contributed by atoms with Crippen LogP contribution in [0, 0.1) is 0 Å². The molecule has 0 aliphatic rings. The van der Waals surface area contributed by atoms with Gasteiger partial charge in [-0.1, -0.05) is 12.1 Å². The van der Waals surface area contributed by atoms with Crippen LogP contribution in [-0.4, -0.2) is 28.8 Å². The van der Waals surface area contributed by atoms with Gasteiger partial charge in [0, 0.05) is 31.6 Å². The maximum absolute atomic E-state index is 5.56. The Labute approximate surface area is 105 Å². The van der Waals surface area contributed by atoms with Gasteiger partial charge >= 0.3 is 0 Å². The largest absolute Gasteiger partial charge is 0.370 e. The van der Waals surface area contributed by atoms with Gasteiger partial charge in [-0.2, -0.15) is 4.98 Å². The molecule has 96 valence electrons. The lowest BCUT2D eigenvalue weighted by atomic mass is 10.1. The van der Waals surface area contributed by atoms with Crippen molar-refractivity contribution < 1.29 is 9.26 Å². The number of aromatic nitrogens is 3. The molecule has 0 aliphatic carbocycles. The Hall–Kier alpha value is -1.79. The Morgan fingerprint density at radius 1 is 1.50 bits per heavy atom. The number of hydrogen-bond acceptors (Lipinski definition) is 6. The molecule has 0 spiro atoms. The van der Waals surface area contributed by atoms with Gasteiger partial charge in [0.25, 0.3) is 5.89 Å².